The lowest BCUT2D eigenvalue weighted by Gasteiger charge is -2.27. The van der Waals surface area contributed by atoms with Crippen molar-refractivity contribution < 1.29 is 18.8 Å². The standard InChI is InChI=1S/C31H40N6O4/c1-24(26-8-5-9-27(22-26)30(38)25-6-3-2-4-7-25)29-28(23-41-35-29)34-31(32-10-12-36-14-18-39-19-15-36)33-11-13-37-16-20-40-21-17-37/h2-9,22-24H,10-21H2,1H3,(H2,32,33,34). The molecule has 0 aliphatic carbocycles. The molecule has 2 aromatic carbocycles. The van der Waals surface area contributed by atoms with Crippen molar-refractivity contribution in [3.8, 4) is 0 Å². The summed E-state index contributed by atoms with van der Waals surface area (Å²) < 4.78 is 16.4. The van der Waals surface area contributed by atoms with Gasteiger partial charge >= 0.3 is 0 Å². The lowest BCUT2D eigenvalue weighted by Crippen LogP contribution is -2.43. The predicted octanol–water partition coefficient (Wildman–Crippen LogP) is 3.08. The highest BCUT2D eigenvalue weighted by molar-refractivity contribution is 6.09. The highest BCUT2D eigenvalue weighted by Gasteiger charge is 2.20. The summed E-state index contributed by atoms with van der Waals surface area (Å²) in [6.45, 7) is 12.1. The van der Waals surface area contributed by atoms with Crippen LogP contribution in [0.25, 0.3) is 0 Å². The van der Waals surface area contributed by atoms with Crippen molar-refractivity contribution in [1.82, 2.24) is 20.3 Å². The molecule has 10 heteroatoms. The number of carbonyl (C=O) groups is 1. The highest BCUT2D eigenvalue weighted by Crippen LogP contribution is 2.30. The van der Waals surface area contributed by atoms with Crippen molar-refractivity contribution in [2.75, 3.05) is 84.1 Å². The summed E-state index contributed by atoms with van der Waals surface area (Å²) in [5.41, 5.74) is 3.80. The van der Waals surface area contributed by atoms with Crippen LogP contribution in [0.1, 0.15) is 40.0 Å². The number of ether oxygens (including phenoxy) is 2. The number of ketones is 1. The summed E-state index contributed by atoms with van der Waals surface area (Å²) in [5.74, 6) is 0.580. The van der Waals surface area contributed by atoms with Crippen LogP contribution in [0.2, 0.25) is 0 Å². The van der Waals surface area contributed by atoms with Crippen LogP contribution in [0, 0.1) is 0 Å². The van der Waals surface area contributed by atoms with Crippen LogP contribution in [0.3, 0.4) is 0 Å². The number of rotatable bonds is 11. The van der Waals surface area contributed by atoms with Crippen LogP contribution < -0.4 is 10.6 Å². The van der Waals surface area contributed by atoms with Crippen LogP contribution in [0.15, 0.2) is 70.4 Å². The molecule has 1 aromatic heterocycles. The first-order valence-corrected chi connectivity index (χ1v) is 14.5. The van der Waals surface area contributed by atoms with Crippen molar-refractivity contribution >= 4 is 17.4 Å². The minimum atomic E-state index is -0.109. The smallest absolute Gasteiger partial charge is 0.196 e. The molecular weight excluding hydrogens is 520 g/mol. The van der Waals surface area contributed by atoms with Crippen molar-refractivity contribution in [2.45, 2.75) is 12.8 Å². The Balaban J connectivity index is 1.27. The quantitative estimate of drug-likeness (QED) is 0.208. The van der Waals surface area contributed by atoms with Gasteiger partial charge in [-0.3, -0.25) is 19.6 Å². The monoisotopic (exact) mass is 560 g/mol. The van der Waals surface area contributed by atoms with E-state index in [0.29, 0.717) is 23.6 Å². The molecule has 0 spiro atoms. The van der Waals surface area contributed by atoms with Crippen molar-refractivity contribution in [3.63, 3.8) is 0 Å². The molecule has 2 aliphatic heterocycles. The molecule has 3 heterocycles. The lowest BCUT2D eigenvalue weighted by molar-refractivity contribution is 0.0389. The molecule has 218 valence electrons. The summed E-state index contributed by atoms with van der Waals surface area (Å²) >= 11 is 0. The lowest BCUT2D eigenvalue weighted by atomic mass is 9.93. The van der Waals surface area contributed by atoms with Gasteiger partial charge in [0.2, 0.25) is 0 Å². The van der Waals surface area contributed by atoms with E-state index in [0.717, 1.165) is 89.2 Å². The number of carbonyl (C=O) groups excluding carboxylic acids is 1. The molecular formula is C31H40N6O4. The zero-order chi connectivity index (χ0) is 28.3. The van der Waals surface area contributed by atoms with Gasteiger partial charge in [0.15, 0.2) is 11.7 Å². The van der Waals surface area contributed by atoms with E-state index < -0.39 is 0 Å². The SMILES string of the molecule is CC(c1cccc(C(=O)c2ccccc2)c1)c1nocc1NC(=NCCN1CCOCC1)NCCN1CCOCC1. The Bertz CT molecular complexity index is 1270. The summed E-state index contributed by atoms with van der Waals surface area (Å²) in [6, 6.07) is 17.1. The fraction of sp³-hybridized carbons (Fsp3) is 0.452. The second-order valence-corrected chi connectivity index (χ2v) is 10.3. The van der Waals surface area contributed by atoms with Gasteiger partial charge in [-0.25, -0.2) is 0 Å². The Morgan fingerprint density at radius 1 is 0.927 bits per heavy atom. The zero-order valence-corrected chi connectivity index (χ0v) is 23.8. The first kappa shape index (κ1) is 28.9. The van der Waals surface area contributed by atoms with E-state index in [4.69, 9.17) is 19.0 Å². The number of anilines is 1. The van der Waals surface area contributed by atoms with Crippen LogP contribution in [-0.4, -0.2) is 105 Å². The van der Waals surface area contributed by atoms with E-state index in [1.54, 1.807) is 6.26 Å². The Morgan fingerprint density at radius 3 is 2.34 bits per heavy atom. The summed E-state index contributed by atoms with van der Waals surface area (Å²) in [5, 5.41) is 11.3. The van der Waals surface area contributed by atoms with Gasteiger partial charge in [0.25, 0.3) is 0 Å². The Morgan fingerprint density at radius 2 is 1.61 bits per heavy atom. The number of nitrogens with zero attached hydrogens (tertiary/aromatic N) is 4. The second kappa shape index (κ2) is 14.9. The number of nitrogens with one attached hydrogen (secondary N) is 2. The number of hydrogen-bond acceptors (Lipinski definition) is 8. The molecule has 2 aliphatic rings. The number of morpholine rings is 2. The van der Waals surface area contributed by atoms with E-state index in [9.17, 15) is 4.79 Å². The zero-order valence-electron chi connectivity index (χ0n) is 23.8. The van der Waals surface area contributed by atoms with Crippen molar-refractivity contribution in [3.05, 3.63) is 83.2 Å². The molecule has 1 atom stereocenters. The highest BCUT2D eigenvalue weighted by atomic mass is 16.5. The molecule has 2 N–H and O–H groups in total. The number of aliphatic imine (C=N–C) groups is 1. The van der Waals surface area contributed by atoms with Crippen molar-refractivity contribution in [1.29, 1.82) is 0 Å². The maximum atomic E-state index is 13.1. The van der Waals surface area contributed by atoms with Crippen LogP contribution in [0.4, 0.5) is 5.69 Å². The maximum absolute atomic E-state index is 13.1. The van der Waals surface area contributed by atoms with E-state index in [1.807, 2.05) is 54.6 Å². The first-order valence-electron chi connectivity index (χ1n) is 14.5. The van der Waals surface area contributed by atoms with Gasteiger partial charge in [-0.15, -0.1) is 0 Å². The average molecular weight is 561 g/mol. The first-order chi connectivity index (χ1) is 20.2. The molecule has 1 unspecified atom stereocenters. The molecule has 0 radical (unpaired) electrons. The van der Waals surface area contributed by atoms with E-state index >= 15 is 0 Å². The van der Waals surface area contributed by atoms with Gasteiger partial charge < -0.3 is 24.6 Å². The Kier molecular flexibility index (Phi) is 10.5. The van der Waals surface area contributed by atoms with E-state index in [2.05, 4.69) is 32.5 Å². The largest absolute Gasteiger partial charge is 0.379 e. The molecule has 0 saturated carbocycles. The molecule has 0 amide bonds. The summed E-state index contributed by atoms with van der Waals surface area (Å²) in [7, 11) is 0. The molecule has 10 nitrogen and oxygen atoms in total. The third kappa shape index (κ3) is 8.23. The molecule has 0 bridgehead atoms. The fourth-order valence-corrected chi connectivity index (χ4v) is 5.07. The molecule has 2 saturated heterocycles. The van der Waals surface area contributed by atoms with Gasteiger partial charge in [0.1, 0.15) is 17.6 Å². The van der Waals surface area contributed by atoms with E-state index in [1.165, 1.54) is 0 Å². The van der Waals surface area contributed by atoms with Crippen LogP contribution >= 0.6 is 0 Å². The van der Waals surface area contributed by atoms with Crippen LogP contribution in [-0.2, 0) is 9.47 Å². The average Bonchev–Trinajstić information content (AvgIpc) is 3.50. The third-order valence-electron chi connectivity index (χ3n) is 7.56. The van der Waals surface area contributed by atoms with Crippen LogP contribution in [0.5, 0.6) is 0 Å². The van der Waals surface area contributed by atoms with Gasteiger partial charge in [0, 0.05) is 62.9 Å². The van der Waals surface area contributed by atoms with Gasteiger partial charge in [-0.2, -0.15) is 0 Å². The summed E-state index contributed by atoms with van der Waals surface area (Å²) in [6.07, 6.45) is 1.62. The Hall–Kier alpha value is -3.57. The maximum Gasteiger partial charge on any atom is 0.196 e. The number of hydrogen-bond donors (Lipinski definition) is 2. The summed E-state index contributed by atoms with van der Waals surface area (Å²) in [4.78, 5) is 22.7. The molecule has 3 aromatic rings. The molecule has 5 rings (SSSR count). The topological polar surface area (TPSA) is 104 Å². The number of guanidine groups is 1. The minimum Gasteiger partial charge on any atom is -0.379 e. The minimum absolute atomic E-state index is 0.00249. The van der Waals surface area contributed by atoms with Crippen molar-refractivity contribution in [2.24, 2.45) is 4.99 Å². The number of aromatic nitrogens is 1. The second-order valence-electron chi connectivity index (χ2n) is 10.3. The number of benzene rings is 2. The molecule has 41 heavy (non-hydrogen) atoms. The van der Waals surface area contributed by atoms with Gasteiger partial charge in [-0.05, 0) is 11.6 Å². The van der Waals surface area contributed by atoms with Gasteiger partial charge in [0.05, 0.1) is 33.0 Å². The van der Waals surface area contributed by atoms with Gasteiger partial charge in [-0.1, -0.05) is 60.6 Å². The fourth-order valence-electron chi connectivity index (χ4n) is 5.07. The Labute approximate surface area is 241 Å². The normalized spacial score (nSPS) is 17.7. The predicted molar refractivity (Wildman–Crippen MR) is 159 cm³/mol. The van der Waals surface area contributed by atoms with E-state index in [-0.39, 0.29) is 11.7 Å². The molecule has 2 fully saturated rings. The third-order valence-corrected chi connectivity index (χ3v) is 7.56.